The van der Waals surface area contributed by atoms with Crippen LogP contribution in [0.4, 0.5) is 0 Å². The Hall–Kier alpha value is -2.08. The Balaban J connectivity index is 1.50. The van der Waals surface area contributed by atoms with Crippen LogP contribution in [0.3, 0.4) is 0 Å². The van der Waals surface area contributed by atoms with Gasteiger partial charge in [-0.15, -0.1) is 0 Å². The largest absolute Gasteiger partial charge is 0.497 e. The lowest BCUT2D eigenvalue weighted by Crippen LogP contribution is -2.48. The van der Waals surface area contributed by atoms with E-state index in [1.165, 1.54) is 11.1 Å². The minimum Gasteiger partial charge on any atom is -0.497 e. The molecule has 2 atom stereocenters. The topological polar surface area (TPSA) is 68.0 Å². The number of hydrogen-bond donors (Lipinski definition) is 2. The zero-order chi connectivity index (χ0) is 19.0. The molecule has 0 radical (unpaired) electrons. The molecule has 0 amide bonds. The third-order valence-corrected chi connectivity index (χ3v) is 6.33. The van der Waals surface area contributed by atoms with Crippen LogP contribution in [0.15, 0.2) is 42.5 Å². The standard InChI is InChI=1S/C22H28N2O3/c1-26-16-11-15(12-17(13-16)27-2)14-24-9-7-22(8-10-24)19-6-4-3-5-18(19)20(23)21(22)25/h3-6,11-13,20-21,25H,7-10,14,23H2,1-2H3/t20-,21+/m1/s1. The van der Waals surface area contributed by atoms with Crippen LogP contribution in [0.25, 0.3) is 0 Å². The van der Waals surface area contributed by atoms with Gasteiger partial charge in [0, 0.05) is 18.0 Å². The SMILES string of the molecule is COc1cc(CN2CCC3(CC2)c2ccccc2[C@@H](N)[C@@H]3O)cc(OC)c1. The van der Waals surface area contributed by atoms with Gasteiger partial charge >= 0.3 is 0 Å². The number of rotatable bonds is 4. The summed E-state index contributed by atoms with van der Waals surface area (Å²) < 4.78 is 10.8. The first-order valence-corrected chi connectivity index (χ1v) is 9.55. The van der Waals surface area contributed by atoms with Crippen LogP contribution in [0.1, 0.15) is 35.6 Å². The molecule has 4 rings (SSSR count). The van der Waals surface area contributed by atoms with Crippen LogP contribution in [0.5, 0.6) is 11.5 Å². The first-order valence-electron chi connectivity index (χ1n) is 9.55. The minimum atomic E-state index is -0.506. The van der Waals surface area contributed by atoms with Gasteiger partial charge in [-0.05, 0) is 54.8 Å². The quantitative estimate of drug-likeness (QED) is 0.868. The van der Waals surface area contributed by atoms with Gasteiger partial charge in [-0.1, -0.05) is 24.3 Å². The Labute approximate surface area is 160 Å². The molecule has 1 heterocycles. The highest BCUT2D eigenvalue weighted by Crippen LogP contribution is 2.50. The molecule has 1 saturated heterocycles. The molecule has 1 fully saturated rings. The molecule has 1 spiro atoms. The van der Waals surface area contributed by atoms with Crippen molar-refractivity contribution in [2.45, 2.75) is 36.9 Å². The fourth-order valence-corrected chi connectivity index (χ4v) is 4.81. The molecule has 0 unspecified atom stereocenters. The number of ether oxygens (including phenoxy) is 2. The predicted molar refractivity (Wildman–Crippen MR) is 105 cm³/mol. The van der Waals surface area contributed by atoms with Gasteiger partial charge in [0.1, 0.15) is 11.5 Å². The third-order valence-electron chi connectivity index (χ3n) is 6.33. The number of nitrogens with zero attached hydrogens (tertiary/aromatic N) is 1. The number of fused-ring (bicyclic) bond motifs is 2. The molecule has 27 heavy (non-hydrogen) atoms. The van der Waals surface area contributed by atoms with Crippen molar-refractivity contribution >= 4 is 0 Å². The smallest absolute Gasteiger partial charge is 0.122 e. The number of benzene rings is 2. The summed E-state index contributed by atoms with van der Waals surface area (Å²) in [6, 6.07) is 14.0. The van der Waals surface area contributed by atoms with Gasteiger partial charge < -0.3 is 20.3 Å². The molecule has 1 aliphatic heterocycles. The van der Waals surface area contributed by atoms with Gasteiger partial charge in [0.25, 0.3) is 0 Å². The highest BCUT2D eigenvalue weighted by Gasteiger charge is 2.51. The minimum absolute atomic E-state index is 0.210. The molecule has 2 aromatic carbocycles. The lowest BCUT2D eigenvalue weighted by atomic mass is 9.72. The van der Waals surface area contributed by atoms with Crippen molar-refractivity contribution < 1.29 is 14.6 Å². The maximum Gasteiger partial charge on any atom is 0.122 e. The summed E-state index contributed by atoms with van der Waals surface area (Å²) in [5, 5.41) is 10.9. The normalized spacial score (nSPS) is 24.0. The monoisotopic (exact) mass is 368 g/mol. The average Bonchev–Trinajstić information content (AvgIpc) is 2.92. The highest BCUT2D eigenvalue weighted by atomic mass is 16.5. The Kier molecular flexibility index (Phi) is 4.84. The van der Waals surface area contributed by atoms with Gasteiger partial charge in [0.15, 0.2) is 0 Å². The summed E-state index contributed by atoms with van der Waals surface area (Å²) >= 11 is 0. The molecular formula is C22H28N2O3. The molecule has 5 heteroatoms. The Morgan fingerprint density at radius 1 is 1.07 bits per heavy atom. The van der Waals surface area contributed by atoms with Crippen molar-refractivity contribution in [3.63, 3.8) is 0 Å². The van der Waals surface area contributed by atoms with Gasteiger partial charge in [-0.25, -0.2) is 0 Å². The Bertz CT molecular complexity index is 793. The van der Waals surface area contributed by atoms with E-state index in [2.05, 4.69) is 35.2 Å². The van der Waals surface area contributed by atoms with Crippen LogP contribution in [0, 0.1) is 0 Å². The summed E-state index contributed by atoms with van der Waals surface area (Å²) in [6.07, 6.45) is 1.33. The van der Waals surface area contributed by atoms with E-state index in [1.807, 2.05) is 12.1 Å². The maximum atomic E-state index is 10.9. The average molecular weight is 368 g/mol. The second-order valence-electron chi connectivity index (χ2n) is 7.71. The number of likely N-dealkylation sites (tertiary alicyclic amines) is 1. The summed E-state index contributed by atoms with van der Waals surface area (Å²) in [4.78, 5) is 2.43. The van der Waals surface area contributed by atoms with Crippen molar-refractivity contribution in [3.05, 3.63) is 59.2 Å². The van der Waals surface area contributed by atoms with E-state index >= 15 is 0 Å². The number of hydrogen-bond acceptors (Lipinski definition) is 5. The molecule has 2 aliphatic rings. The van der Waals surface area contributed by atoms with E-state index in [9.17, 15) is 5.11 Å². The second kappa shape index (κ2) is 7.15. The number of methoxy groups -OCH3 is 2. The summed E-state index contributed by atoms with van der Waals surface area (Å²) in [5.74, 6) is 1.62. The van der Waals surface area contributed by atoms with E-state index in [-0.39, 0.29) is 11.5 Å². The lowest BCUT2D eigenvalue weighted by Gasteiger charge is -2.42. The highest BCUT2D eigenvalue weighted by molar-refractivity contribution is 5.45. The molecule has 5 nitrogen and oxygen atoms in total. The summed E-state index contributed by atoms with van der Waals surface area (Å²) in [7, 11) is 3.34. The number of aliphatic hydroxyl groups excluding tert-OH is 1. The van der Waals surface area contributed by atoms with E-state index in [1.54, 1.807) is 14.2 Å². The van der Waals surface area contributed by atoms with Crippen molar-refractivity contribution in [1.82, 2.24) is 4.90 Å². The lowest BCUT2D eigenvalue weighted by molar-refractivity contribution is 0.0271. The zero-order valence-corrected chi connectivity index (χ0v) is 16.0. The predicted octanol–water partition coefficient (Wildman–Crippen LogP) is 2.61. The van der Waals surface area contributed by atoms with Gasteiger partial charge in [-0.2, -0.15) is 0 Å². The number of piperidine rings is 1. The molecule has 1 aliphatic carbocycles. The summed E-state index contributed by atoms with van der Waals surface area (Å²) in [5.41, 5.74) is 9.64. The zero-order valence-electron chi connectivity index (χ0n) is 16.0. The Morgan fingerprint density at radius 2 is 1.70 bits per heavy atom. The van der Waals surface area contributed by atoms with Crippen molar-refractivity contribution in [2.75, 3.05) is 27.3 Å². The van der Waals surface area contributed by atoms with Crippen molar-refractivity contribution in [1.29, 1.82) is 0 Å². The van der Waals surface area contributed by atoms with Gasteiger partial charge in [0.2, 0.25) is 0 Å². The van der Waals surface area contributed by atoms with Crippen LogP contribution in [-0.2, 0) is 12.0 Å². The van der Waals surface area contributed by atoms with E-state index in [0.717, 1.165) is 49.5 Å². The van der Waals surface area contributed by atoms with E-state index < -0.39 is 6.10 Å². The number of nitrogens with two attached hydrogens (primary N) is 1. The van der Waals surface area contributed by atoms with Gasteiger partial charge in [0.05, 0.1) is 26.4 Å². The number of aliphatic hydroxyl groups is 1. The fourth-order valence-electron chi connectivity index (χ4n) is 4.81. The van der Waals surface area contributed by atoms with Crippen LogP contribution < -0.4 is 15.2 Å². The molecule has 0 bridgehead atoms. The fraction of sp³-hybridized carbons (Fsp3) is 0.455. The summed E-state index contributed by atoms with van der Waals surface area (Å²) in [6.45, 7) is 2.70. The maximum absolute atomic E-state index is 10.9. The van der Waals surface area contributed by atoms with Crippen LogP contribution in [0.2, 0.25) is 0 Å². The van der Waals surface area contributed by atoms with Gasteiger partial charge in [-0.3, -0.25) is 4.90 Å². The third kappa shape index (κ3) is 3.10. The van der Waals surface area contributed by atoms with E-state index in [4.69, 9.17) is 15.2 Å². The second-order valence-corrected chi connectivity index (χ2v) is 7.71. The van der Waals surface area contributed by atoms with Crippen LogP contribution >= 0.6 is 0 Å². The molecule has 2 aromatic rings. The molecule has 0 saturated carbocycles. The van der Waals surface area contributed by atoms with E-state index in [0.29, 0.717) is 0 Å². The molecule has 3 N–H and O–H groups in total. The van der Waals surface area contributed by atoms with Crippen molar-refractivity contribution in [2.24, 2.45) is 5.73 Å². The van der Waals surface area contributed by atoms with Crippen molar-refractivity contribution in [3.8, 4) is 11.5 Å². The van der Waals surface area contributed by atoms with Crippen LogP contribution in [-0.4, -0.2) is 43.4 Å². The first-order chi connectivity index (χ1) is 13.1. The Morgan fingerprint density at radius 3 is 2.33 bits per heavy atom. The molecule has 0 aromatic heterocycles. The molecular weight excluding hydrogens is 340 g/mol. The molecule has 144 valence electrons. The first kappa shape index (κ1) is 18.3.